The van der Waals surface area contributed by atoms with E-state index in [4.69, 9.17) is 23.2 Å². The van der Waals surface area contributed by atoms with E-state index in [1.807, 2.05) is 30.3 Å². The highest BCUT2D eigenvalue weighted by Gasteiger charge is 2.11. The Kier molecular flexibility index (Phi) is 4.00. The van der Waals surface area contributed by atoms with E-state index >= 15 is 0 Å². The molecular formula is C14H6Br2Cl2N2. The monoisotopic (exact) mass is 430 g/mol. The maximum atomic E-state index is 6.27. The Balaban J connectivity index is 2.29. The standard InChI is InChI=1S/C14H6Br2Cl2N2/c15-8-5-10-12(11(16)6-8)19-14(20-13(10)18)7-2-1-3-9(17)4-7/h1-6H. The maximum absolute atomic E-state index is 6.27. The molecule has 2 aromatic carbocycles. The first-order valence-corrected chi connectivity index (χ1v) is 7.97. The topological polar surface area (TPSA) is 25.8 Å². The van der Waals surface area contributed by atoms with Crippen LogP contribution in [-0.4, -0.2) is 9.97 Å². The summed E-state index contributed by atoms with van der Waals surface area (Å²) in [5.41, 5.74) is 1.60. The van der Waals surface area contributed by atoms with Gasteiger partial charge in [-0.15, -0.1) is 0 Å². The molecule has 100 valence electrons. The molecule has 0 saturated heterocycles. The molecule has 0 unspecified atom stereocenters. The fraction of sp³-hybridized carbons (Fsp3) is 0. The number of benzene rings is 2. The molecule has 0 aliphatic rings. The molecule has 0 aliphatic heterocycles. The summed E-state index contributed by atoms with van der Waals surface area (Å²) < 4.78 is 1.77. The minimum Gasteiger partial charge on any atom is -0.227 e. The van der Waals surface area contributed by atoms with Gasteiger partial charge < -0.3 is 0 Å². The second-order valence-electron chi connectivity index (χ2n) is 4.13. The average molecular weight is 433 g/mol. The van der Waals surface area contributed by atoms with E-state index in [1.165, 1.54) is 0 Å². The van der Waals surface area contributed by atoms with E-state index in [0.29, 0.717) is 16.0 Å². The quantitative estimate of drug-likeness (QED) is 0.432. The predicted octanol–water partition coefficient (Wildman–Crippen LogP) is 6.13. The highest BCUT2D eigenvalue weighted by Crippen LogP contribution is 2.32. The number of rotatable bonds is 1. The zero-order chi connectivity index (χ0) is 14.3. The zero-order valence-corrected chi connectivity index (χ0v) is 14.6. The lowest BCUT2D eigenvalue weighted by molar-refractivity contribution is 1.22. The van der Waals surface area contributed by atoms with Crippen LogP contribution < -0.4 is 0 Å². The van der Waals surface area contributed by atoms with E-state index < -0.39 is 0 Å². The molecular weight excluding hydrogens is 427 g/mol. The van der Waals surface area contributed by atoms with Crippen molar-refractivity contribution in [3.63, 3.8) is 0 Å². The Bertz CT molecular complexity index is 822. The summed E-state index contributed by atoms with van der Waals surface area (Å²) >= 11 is 19.2. The zero-order valence-electron chi connectivity index (χ0n) is 9.87. The molecule has 1 aromatic heterocycles. The van der Waals surface area contributed by atoms with Crippen molar-refractivity contribution in [1.29, 1.82) is 0 Å². The SMILES string of the molecule is Clc1cccc(-c2nc(Cl)c3cc(Br)cc(Br)c3n2)c1. The van der Waals surface area contributed by atoms with Gasteiger partial charge in [-0.1, -0.05) is 51.3 Å². The third kappa shape index (κ3) is 2.70. The second kappa shape index (κ2) is 5.60. The van der Waals surface area contributed by atoms with Crippen LogP contribution in [0.4, 0.5) is 0 Å². The predicted molar refractivity (Wildman–Crippen MR) is 90.4 cm³/mol. The lowest BCUT2D eigenvalue weighted by Crippen LogP contribution is -1.93. The largest absolute Gasteiger partial charge is 0.227 e. The summed E-state index contributed by atoms with van der Waals surface area (Å²) in [5.74, 6) is 0.549. The van der Waals surface area contributed by atoms with E-state index in [1.54, 1.807) is 6.07 Å². The van der Waals surface area contributed by atoms with Gasteiger partial charge in [-0.3, -0.25) is 0 Å². The smallest absolute Gasteiger partial charge is 0.161 e. The van der Waals surface area contributed by atoms with Crippen molar-refractivity contribution in [3.8, 4) is 11.4 Å². The molecule has 0 bridgehead atoms. The van der Waals surface area contributed by atoms with Crippen LogP contribution in [0.25, 0.3) is 22.3 Å². The van der Waals surface area contributed by atoms with Crippen LogP contribution in [0.5, 0.6) is 0 Å². The molecule has 3 aromatic rings. The van der Waals surface area contributed by atoms with Gasteiger partial charge in [-0.05, 0) is 40.2 Å². The lowest BCUT2D eigenvalue weighted by Gasteiger charge is -2.07. The molecule has 3 rings (SSSR count). The summed E-state index contributed by atoms with van der Waals surface area (Å²) in [6.45, 7) is 0. The Morgan fingerprint density at radius 1 is 0.950 bits per heavy atom. The van der Waals surface area contributed by atoms with Gasteiger partial charge in [-0.25, -0.2) is 9.97 Å². The molecule has 0 N–H and O–H groups in total. The number of aromatic nitrogens is 2. The Morgan fingerprint density at radius 2 is 1.75 bits per heavy atom. The molecule has 0 aliphatic carbocycles. The van der Waals surface area contributed by atoms with Crippen molar-refractivity contribution in [1.82, 2.24) is 9.97 Å². The molecule has 0 atom stereocenters. The Hall–Kier alpha value is -0.680. The molecule has 0 amide bonds. The van der Waals surface area contributed by atoms with Crippen LogP contribution >= 0.6 is 55.1 Å². The van der Waals surface area contributed by atoms with Crippen LogP contribution in [0.2, 0.25) is 10.2 Å². The summed E-state index contributed by atoms with van der Waals surface area (Å²) in [6.07, 6.45) is 0. The lowest BCUT2D eigenvalue weighted by atomic mass is 10.2. The Labute approximate surface area is 142 Å². The fourth-order valence-corrected chi connectivity index (χ4v) is 3.61. The molecule has 0 spiro atoms. The van der Waals surface area contributed by atoms with Crippen molar-refractivity contribution in [2.45, 2.75) is 0 Å². The molecule has 6 heteroatoms. The molecule has 1 heterocycles. The van der Waals surface area contributed by atoms with Crippen LogP contribution in [0.15, 0.2) is 45.3 Å². The normalized spacial score (nSPS) is 11.0. The first-order chi connectivity index (χ1) is 9.54. The fourth-order valence-electron chi connectivity index (χ4n) is 1.88. The maximum Gasteiger partial charge on any atom is 0.161 e. The van der Waals surface area contributed by atoms with Gasteiger partial charge in [0.2, 0.25) is 0 Å². The van der Waals surface area contributed by atoms with Crippen LogP contribution in [0, 0.1) is 0 Å². The summed E-state index contributed by atoms with van der Waals surface area (Å²) in [7, 11) is 0. The van der Waals surface area contributed by atoms with E-state index in [2.05, 4.69) is 41.8 Å². The molecule has 2 nitrogen and oxygen atoms in total. The van der Waals surface area contributed by atoms with Crippen molar-refractivity contribution in [2.24, 2.45) is 0 Å². The number of halogens is 4. The summed E-state index contributed by atoms with van der Waals surface area (Å²) in [5, 5.41) is 1.84. The number of hydrogen-bond donors (Lipinski definition) is 0. The molecule has 20 heavy (non-hydrogen) atoms. The molecule has 0 fully saturated rings. The number of hydrogen-bond acceptors (Lipinski definition) is 2. The van der Waals surface area contributed by atoms with Crippen LogP contribution in [0.3, 0.4) is 0 Å². The van der Waals surface area contributed by atoms with Crippen LogP contribution in [0.1, 0.15) is 0 Å². The van der Waals surface area contributed by atoms with Gasteiger partial charge in [0.1, 0.15) is 5.15 Å². The van der Waals surface area contributed by atoms with Crippen LogP contribution in [-0.2, 0) is 0 Å². The summed E-state index contributed by atoms with van der Waals surface area (Å²) in [6, 6.07) is 11.2. The van der Waals surface area contributed by atoms with Crippen molar-refractivity contribution < 1.29 is 0 Å². The first kappa shape index (κ1) is 14.3. The van der Waals surface area contributed by atoms with Crippen molar-refractivity contribution in [3.05, 3.63) is 55.5 Å². The second-order valence-corrected chi connectivity index (χ2v) is 6.70. The first-order valence-electron chi connectivity index (χ1n) is 5.63. The molecule has 0 radical (unpaired) electrons. The minimum absolute atomic E-state index is 0.409. The van der Waals surface area contributed by atoms with E-state index in [9.17, 15) is 0 Å². The van der Waals surface area contributed by atoms with Crippen molar-refractivity contribution >= 4 is 66.0 Å². The third-order valence-electron chi connectivity index (χ3n) is 2.76. The minimum atomic E-state index is 0.409. The highest BCUT2D eigenvalue weighted by atomic mass is 79.9. The number of fused-ring (bicyclic) bond motifs is 1. The van der Waals surface area contributed by atoms with Gasteiger partial charge in [0, 0.05) is 24.9 Å². The van der Waals surface area contributed by atoms with Gasteiger partial charge in [0.15, 0.2) is 5.82 Å². The molecule has 0 saturated carbocycles. The Morgan fingerprint density at radius 3 is 2.50 bits per heavy atom. The number of nitrogens with zero attached hydrogens (tertiary/aromatic N) is 2. The van der Waals surface area contributed by atoms with Crippen molar-refractivity contribution in [2.75, 3.05) is 0 Å². The van der Waals surface area contributed by atoms with Gasteiger partial charge >= 0.3 is 0 Å². The third-order valence-corrected chi connectivity index (χ3v) is 4.34. The van der Waals surface area contributed by atoms with E-state index in [0.717, 1.165) is 25.4 Å². The van der Waals surface area contributed by atoms with Gasteiger partial charge in [-0.2, -0.15) is 0 Å². The highest BCUT2D eigenvalue weighted by molar-refractivity contribution is 9.11. The summed E-state index contributed by atoms with van der Waals surface area (Å²) in [4.78, 5) is 8.92. The van der Waals surface area contributed by atoms with Gasteiger partial charge in [0.25, 0.3) is 0 Å². The average Bonchev–Trinajstić information content (AvgIpc) is 2.39. The van der Waals surface area contributed by atoms with E-state index in [-0.39, 0.29) is 0 Å². The van der Waals surface area contributed by atoms with Gasteiger partial charge in [0.05, 0.1) is 5.52 Å².